The first-order valence-electron chi connectivity index (χ1n) is 5.52. The van der Waals surface area contributed by atoms with Gasteiger partial charge >= 0.3 is 0 Å². The molecule has 2 nitrogen and oxygen atoms in total. The zero-order valence-electron chi connectivity index (χ0n) is 9.91. The Hall–Kier alpha value is -1.39. The molecule has 0 atom stereocenters. The minimum atomic E-state index is -0.314. The summed E-state index contributed by atoms with van der Waals surface area (Å²) >= 11 is 3.44. The Morgan fingerprint density at radius 1 is 1.17 bits per heavy atom. The van der Waals surface area contributed by atoms with Gasteiger partial charge in [-0.15, -0.1) is 0 Å². The van der Waals surface area contributed by atoms with Crippen LogP contribution in [0.5, 0.6) is 11.5 Å². The Morgan fingerprint density at radius 2 is 1.89 bits per heavy atom. The van der Waals surface area contributed by atoms with E-state index in [1.807, 2.05) is 25.1 Å². The minimum absolute atomic E-state index is 0.233. The van der Waals surface area contributed by atoms with Crippen molar-refractivity contribution in [2.24, 2.45) is 5.73 Å². The van der Waals surface area contributed by atoms with Gasteiger partial charge in [-0.25, -0.2) is 4.39 Å². The average Bonchev–Trinajstić information content (AvgIpc) is 2.34. The second-order valence-electron chi connectivity index (χ2n) is 3.99. The molecule has 0 aliphatic carbocycles. The van der Waals surface area contributed by atoms with E-state index in [4.69, 9.17) is 10.5 Å². The van der Waals surface area contributed by atoms with Crippen LogP contribution in [-0.2, 0) is 6.54 Å². The highest BCUT2D eigenvalue weighted by molar-refractivity contribution is 9.10. The topological polar surface area (TPSA) is 35.2 Å². The van der Waals surface area contributed by atoms with Gasteiger partial charge in [0.1, 0.15) is 17.3 Å². The minimum Gasteiger partial charge on any atom is -0.456 e. The predicted molar refractivity (Wildman–Crippen MR) is 73.2 cm³/mol. The summed E-state index contributed by atoms with van der Waals surface area (Å²) in [5, 5.41) is 0. The molecule has 0 amide bonds. The molecule has 0 saturated carbocycles. The maximum absolute atomic E-state index is 13.1. The highest BCUT2D eigenvalue weighted by atomic mass is 79.9. The van der Waals surface area contributed by atoms with E-state index in [0.717, 1.165) is 10.0 Å². The van der Waals surface area contributed by atoms with Gasteiger partial charge in [0.2, 0.25) is 0 Å². The van der Waals surface area contributed by atoms with E-state index in [2.05, 4.69) is 15.9 Å². The van der Waals surface area contributed by atoms with Gasteiger partial charge in [0.25, 0.3) is 0 Å². The number of rotatable bonds is 3. The number of hydrogen-bond donors (Lipinski definition) is 1. The highest BCUT2D eigenvalue weighted by Crippen LogP contribution is 2.32. The molecule has 94 valence electrons. The fourth-order valence-corrected chi connectivity index (χ4v) is 2.19. The molecule has 2 aromatic rings. The Labute approximate surface area is 114 Å². The molecular weight excluding hydrogens is 297 g/mol. The van der Waals surface area contributed by atoms with Gasteiger partial charge in [0.15, 0.2) is 0 Å². The normalized spacial score (nSPS) is 10.4. The lowest BCUT2D eigenvalue weighted by Gasteiger charge is -2.11. The Balaban J connectivity index is 2.33. The van der Waals surface area contributed by atoms with Gasteiger partial charge in [-0.2, -0.15) is 0 Å². The molecule has 0 aromatic heterocycles. The van der Waals surface area contributed by atoms with Crippen molar-refractivity contribution in [2.75, 3.05) is 0 Å². The van der Waals surface area contributed by atoms with E-state index in [1.54, 1.807) is 6.07 Å². The van der Waals surface area contributed by atoms with E-state index < -0.39 is 0 Å². The Morgan fingerprint density at radius 3 is 2.56 bits per heavy atom. The molecule has 0 aliphatic heterocycles. The lowest BCUT2D eigenvalue weighted by Crippen LogP contribution is -2.00. The van der Waals surface area contributed by atoms with Gasteiger partial charge in [-0.05, 0) is 58.7 Å². The summed E-state index contributed by atoms with van der Waals surface area (Å²) in [4.78, 5) is 0. The monoisotopic (exact) mass is 309 g/mol. The number of halogens is 2. The van der Waals surface area contributed by atoms with Crippen LogP contribution in [0.1, 0.15) is 11.1 Å². The number of aryl methyl sites for hydroxylation is 1. The largest absolute Gasteiger partial charge is 0.456 e. The fraction of sp³-hybridized carbons (Fsp3) is 0.143. The maximum atomic E-state index is 13.1. The third-order valence-electron chi connectivity index (χ3n) is 2.55. The molecule has 0 saturated heterocycles. The van der Waals surface area contributed by atoms with Crippen LogP contribution in [0.4, 0.5) is 4.39 Å². The predicted octanol–water partition coefficient (Wildman–Crippen LogP) is 4.15. The summed E-state index contributed by atoms with van der Waals surface area (Å²) in [5.74, 6) is 0.941. The van der Waals surface area contributed by atoms with Crippen molar-refractivity contribution in [1.29, 1.82) is 0 Å². The maximum Gasteiger partial charge on any atom is 0.141 e. The first kappa shape index (κ1) is 13.1. The molecule has 2 rings (SSSR count). The molecule has 0 bridgehead atoms. The molecule has 0 aliphatic rings. The van der Waals surface area contributed by atoms with E-state index in [1.165, 1.54) is 12.1 Å². The first-order valence-corrected chi connectivity index (χ1v) is 6.32. The molecule has 2 N–H and O–H groups in total. The second-order valence-corrected chi connectivity index (χ2v) is 4.85. The zero-order chi connectivity index (χ0) is 13.1. The Kier molecular flexibility index (Phi) is 3.99. The number of benzene rings is 2. The van der Waals surface area contributed by atoms with Crippen LogP contribution in [0.3, 0.4) is 0 Å². The van der Waals surface area contributed by atoms with Crippen LogP contribution in [0, 0.1) is 12.7 Å². The summed E-state index contributed by atoms with van der Waals surface area (Å²) in [5.41, 5.74) is 7.35. The molecular formula is C14H13BrFNO. The van der Waals surface area contributed by atoms with Crippen molar-refractivity contribution in [1.82, 2.24) is 0 Å². The summed E-state index contributed by atoms with van der Waals surface area (Å²) in [7, 11) is 0. The molecule has 2 aromatic carbocycles. The lowest BCUT2D eigenvalue weighted by atomic mass is 10.2. The smallest absolute Gasteiger partial charge is 0.141 e. The van der Waals surface area contributed by atoms with Gasteiger partial charge in [-0.3, -0.25) is 0 Å². The van der Waals surface area contributed by atoms with Crippen molar-refractivity contribution < 1.29 is 9.13 Å². The van der Waals surface area contributed by atoms with Gasteiger partial charge in [0, 0.05) is 12.1 Å². The molecule has 0 heterocycles. The standard InChI is InChI=1S/C14H13BrFNO/c1-9-2-4-14(12(15)6-9)18-13-5-3-11(16)7-10(13)8-17/h2-7H,8,17H2,1H3. The first-order chi connectivity index (χ1) is 8.60. The van der Waals surface area contributed by atoms with Crippen molar-refractivity contribution in [2.45, 2.75) is 13.5 Å². The van der Waals surface area contributed by atoms with Crippen LogP contribution in [0.2, 0.25) is 0 Å². The van der Waals surface area contributed by atoms with Crippen molar-refractivity contribution >= 4 is 15.9 Å². The summed E-state index contributed by atoms with van der Waals surface area (Å²) in [6.07, 6.45) is 0. The molecule has 4 heteroatoms. The van der Waals surface area contributed by atoms with Crippen molar-refractivity contribution in [3.8, 4) is 11.5 Å². The second kappa shape index (κ2) is 5.50. The fourth-order valence-electron chi connectivity index (χ4n) is 1.61. The third kappa shape index (κ3) is 2.89. The summed E-state index contributed by atoms with van der Waals surface area (Å²) in [6, 6.07) is 10.1. The lowest BCUT2D eigenvalue weighted by molar-refractivity contribution is 0.471. The molecule has 0 unspecified atom stereocenters. The summed E-state index contributed by atoms with van der Waals surface area (Å²) in [6.45, 7) is 2.23. The van der Waals surface area contributed by atoms with Crippen molar-refractivity contribution in [3.63, 3.8) is 0 Å². The van der Waals surface area contributed by atoms with E-state index in [-0.39, 0.29) is 12.4 Å². The molecule has 18 heavy (non-hydrogen) atoms. The van der Waals surface area contributed by atoms with Crippen LogP contribution in [-0.4, -0.2) is 0 Å². The average molecular weight is 310 g/mol. The zero-order valence-corrected chi connectivity index (χ0v) is 11.5. The summed E-state index contributed by atoms with van der Waals surface area (Å²) < 4.78 is 19.7. The van der Waals surface area contributed by atoms with E-state index >= 15 is 0 Å². The van der Waals surface area contributed by atoms with Gasteiger partial charge < -0.3 is 10.5 Å². The van der Waals surface area contributed by atoms with Crippen LogP contribution < -0.4 is 10.5 Å². The molecule has 0 spiro atoms. The van der Waals surface area contributed by atoms with Crippen LogP contribution in [0.15, 0.2) is 40.9 Å². The number of hydrogen-bond acceptors (Lipinski definition) is 2. The number of nitrogens with two attached hydrogens (primary N) is 1. The molecule has 0 radical (unpaired) electrons. The van der Waals surface area contributed by atoms with Crippen molar-refractivity contribution in [3.05, 3.63) is 57.8 Å². The van der Waals surface area contributed by atoms with E-state index in [9.17, 15) is 4.39 Å². The van der Waals surface area contributed by atoms with Gasteiger partial charge in [-0.1, -0.05) is 6.07 Å². The highest BCUT2D eigenvalue weighted by Gasteiger charge is 2.07. The SMILES string of the molecule is Cc1ccc(Oc2ccc(F)cc2CN)c(Br)c1. The van der Waals surface area contributed by atoms with Gasteiger partial charge in [0.05, 0.1) is 4.47 Å². The van der Waals surface area contributed by atoms with E-state index in [0.29, 0.717) is 17.1 Å². The molecule has 0 fully saturated rings. The van der Waals surface area contributed by atoms with Crippen LogP contribution in [0.25, 0.3) is 0 Å². The Bertz CT molecular complexity index is 572. The third-order valence-corrected chi connectivity index (χ3v) is 3.17. The van der Waals surface area contributed by atoms with Crippen LogP contribution >= 0.6 is 15.9 Å². The number of ether oxygens (including phenoxy) is 1. The quantitative estimate of drug-likeness (QED) is 0.924.